The fraction of sp³-hybridized carbons (Fsp3) is 0.348. The number of hydrogen-bond acceptors (Lipinski definition) is 4. The van der Waals surface area contributed by atoms with E-state index in [2.05, 4.69) is 9.88 Å². The first-order chi connectivity index (χ1) is 13.6. The average molecular weight is 378 g/mol. The van der Waals surface area contributed by atoms with Crippen LogP contribution in [0.5, 0.6) is 11.5 Å². The number of H-pyrrole nitrogens is 1. The molecule has 1 aliphatic heterocycles. The van der Waals surface area contributed by atoms with Crippen LogP contribution >= 0.6 is 0 Å². The number of rotatable bonds is 6. The first kappa shape index (κ1) is 18.6. The molecule has 4 rings (SSSR count). The van der Waals surface area contributed by atoms with Gasteiger partial charge in [0.2, 0.25) is 0 Å². The third kappa shape index (κ3) is 3.27. The highest BCUT2D eigenvalue weighted by molar-refractivity contribution is 6.10. The minimum absolute atomic E-state index is 0.152. The molecule has 5 heteroatoms. The Labute approximate surface area is 165 Å². The van der Waals surface area contributed by atoms with Crippen LogP contribution in [0.1, 0.15) is 40.5 Å². The van der Waals surface area contributed by atoms with Crippen molar-refractivity contribution in [2.24, 2.45) is 0 Å². The van der Waals surface area contributed by atoms with Crippen LogP contribution in [0.15, 0.2) is 42.5 Å². The molecule has 1 fully saturated rings. The zero-order chi connectivity index (χ0) is 19.7. The normalized spacial score (nSPS) is 17.2. The van der Waals surface area contributed by atoms with E-state index >= 15 is 0 Å². The second kappa shape index (κ2) is 7.68. The number of likely N-dealkylation sites (tertiary alicyclic amines) is 1. The molecule has 0 saturated carbocycles. The summed E-state index contributed by atoms with van der Waals surface area (Å²) in [6.07, 6.45) is 2.06. The fourth-order valence-corrected chi connectivity index (χ4v) is 4.37. The van der Waals surface area contributed by atoms with E-state index in [0.29, 0.717) is 6.54 Å². The summed E-state index contributed by atoms with van der Waals surface area (Å²) in [6, 6.07) is 14.0. The molecule has 0 aliphatic carbocycles. The summed E-state index contributed by atoms with van der Waals surface area (Å²) in [4.78, 5) is 18.8. The van der Waals surface area contributed by atoms with Crippen molar-refractivity contribution in [3.05, 3.63) is 59.3 Å². The SMILES string of the molecule is COc1ccc(OC)c([C@H]2CCCN2CC(=O)c2c(C)[nH]c3ccccc23)c1. The van der Waals surface area contributed by atoms with Gasteiger partial charge in [0.15, 0.2) is 5.78 Å². The van der Waals surface area contributed by atoms with Crippen molar-refractivity contribution >= 4 is 16.7 Å². The quantitative estimate of drug-likeness (QED) is 0.641. The molecule has 0 spiro atoms. The van der Waals surface area contributed by atoms with Crippen molar-refractivity contribution in [3.63, 3.8) is 0 Å². The lowest BCUT2D eigenvalue weighted by Crippen LogP contribution is -2.30. The van der Waals surface area contributed by atoms with Gasteiger partial charge in [-0.05, 0) is 50.6 Å². The molecule has 0 bridgehead atoms. The molecular formula is C23H26N2O3. The topological polar surface area (TPSA) is 54.6 Å². The molecule has 1 N–H and O–H groups in total. The van der Waals surface area contributed by atoms with Crippen LogP contribution in [-0.4, -0.2) is 43.0 Å². The molecule has 28 heavy (non-hydrogen) atoms. The Bertz CT molecular complexity index is 1010. The first-order valence-electron chi connectivity index (χ1n) is 9.69. The van der Waals surface area contributed by atoms with Crippen molar-refractivity contribution < 1.29 is 14.3 Å². The third-order valence-corrected chi connectivity index (χ3v) is 5.68. The van der Waals surface area contributed by atoms with Gasteiger partial charge in [0.05, 0.1) is 20.8 Å². The number of nitrogens with one attached hydrogen (secondary N) is 1. The molecule has 0 radical (unpaired) electrons. The number of aryl methyl sites for hydroxylation is 1. The van der Waals surface area contributed by atoms with Crippen molar-refractivity contribution in [3.8, 4) is 11.5 Å². The molecule has 1 atom stereocenters. The van der Waals surface area contributed by atoms with Gasteiger partial charge in [-0.3, -0.25) is 9.69 Å². The predicted octanol–water partition coefficient (Wildman–Crippen LogP) is 4.51. The van der Waals surface area contributed by atoms with Gasteiger partial charge in [-0.2, -0.15) is 0 Å². The summed E-state index contributed by atoms with van der Waals surface area (Å²) in [5.74, 6) is 1.80. The number of carbonyl (C=O) groups is 1. The van der Waals surface area contributed by atoms with Gasteiger partial charge < -0.3 is 14.5 Å². The van der Waals surface area contributed by atoms with Crippen molar-refractivity contribution in [2.45, 2.75) is 25.8 Å². The summed E-state index contributed by atoms with van der Waals surface area (Å²) in [5, 5.41) is 1.000. The van der Waals surface area contributed by atoms with Crippen molar-refractivity contribution in [1.82, 2.24) is 9.88 Å². The van der Waals surface area contributed by atoms with Gasteiger partial charge in [-0.1, -0.05) is 18.2 Å². The summed E-state index contributed by atoms with van der Waals surface area (Å²) in [7, 11) is 3.35. The maximum absolute atomic E-state index is 13.2. The predicted molar refractivity (Wildman–Crippen MR) is 110 cm³/mol. The number of hydrogen-bond donors (Lipinski definition) is 1. The number of fused-ring (bicyclic) bond motifs is 1. The number of carbonyl (C=O) groups excluding carboxylic acids is 1. The van der Waals surface area contributed by atoms with Crippen LogP contribution in [0.25, 0.3) is 10.9 Å². The number of aromatic amines is 1. The Kier molecular flexibility index (Phi) is 5.09. The van der Waals surface area contributed by atoms with Gasteiger partial charge >= 0.3 is 0 Å². The van der Waals surface area contributed by atoms with Crippen LogP contribution in [0.2, 0.25) is 0 Å². The summed E-state index contributed by atoms with van der Waals surface area (Å²) < 4.78 is 11.0. The van der Waals surface area contributed by atoms with E-state index in [4.69, 9.17) is 9.47 Å². The molecule has 146 valence electrons. The highest BCUT2D eigenvalue weighted by Crippen LogP contribution is 2.39. The van der Waals surface area contributed by atoms with Gasteiger partial charge in [0, 0.05) is 33.8 Å². The van der Waals surface area contributed by atoms with Crippen molar-refractivity contribution in [1.29, 1.82) is 0 Å². The molecule has 0 amide bonds. The standard InChI is InChI=1S/C23H26N2O3/c1-15-23(17-7-4-5-8-19(17)24-15)21(26)14-25-12-6-9-20(25)18-13-16(27-2)10-11-22(18)28-3/h4-5,7-8,10-11,13,20,24H,6,9,12,14H2,1-3H3/t20-/m1/s1. The summed E-state index contributed by atoms with van der Waals surface area (Å²) >= 11 is 0. The van der Waals surface area contributed by atoms with Crippen LogP contribution in [0, 0.1) is 6.92 Å². The number of benzene rings is 2. The van der Waals surface area contributed by atoms with E-state index < -0.39 is 0 Å². The lowest BCUT2D eigenvalue weighted by Gasteiger charge is -2.26. The summed E-state index contributed by atoms with van der Waals surface area (Å²) in [6.45, 7) is 3.27. The van der Waals surface area contributed by atoms with E-state index in [1.165, 1.54) is 0 Å². The smallest absolute Gasteiger partial charge is 0.179 e. The Hall–Kier alpha value is -2.79. The highest BCUT2D eigenvalue weighted by atomic mass is 16.5. The molecule has 3 aromatic rings. The Morgan fingerprint density at radius 2 is 2.00 bits per heavy atom. The molecule has 5 nitrogen and oxygen atoms in total. The van der Waals surface area contributed by atoms with Gasteiger partial charge in [0.1, 0.15) is 11.5 Å². The molecule has 0 unspecified atom stereocenters. The second-order valence-electron chi connectivity index (χ2n) is 7.33. The number of nitrogens with zero attached hydrogens (tertiary/aromatic N) is 1. The van der Waals surface area contributed by atoms with E-state index in [9.17, 15) is 4.79 Å². The molecule has 1 aliphatic rings. The number of methoxy groups -OCH3 is 2. The molecule has 2 heterocycles. The first-order valence-corrected chi connectivity index (χ1v) is 9.69. The third-order valence-electron chi connectivity index (χ3n) is 5.68. The zero-order valence-electron chi connectivity index (χ0n) is 16.6. The average Bonchev–Trinajstić information content (AvgIpc) is 3.30. The second-order valence-corrected chi connectivity index (χ2v) is 7.33. The van der Waals surface area contributed by atoms with E-state index in [-0.39, 0.29) is 11.8 Å². The van der Waals surface area contributed by atoms with Crippen molar-refractivity contribution in [2.75, 3.05) is 27.3 Å². The fourth-order valence-electron chi connectivity index (χ4n) is 4.37. The Morgan fingerprint density at radius 1 is 1.18 bits per heavy atom. The van der Waals surface area contributed by atoms with Gasteiger partial charge in [-0.25, -0.2) is 0 Å². The minimum atomic E-state index is 0.152. The largest absolute Gasteiger partial charge is 0.497 e. The molecule has 1 aromatic heterocycles. The minimum Gasteiger partial charge on any atom is -0.497 e. The molecular weight excluding hydrogens is 352 g/mol. The maximum Gasteiger partial charge on any atom is 0.179 e. The van der Waals surface area contributed by atoms with E-state index in [1.54, 1.807) is 14.2 Å². The lowest BCUT2D eigenvalue weighted by molar-refractivity contribution is 0.0921. The van der Waals surface area contributed by atoms with Gasteiger partial charge in [0.25, 0.3) is 0 Å². The van der Waals surface area contributed by atoms with E-state index in [1.807, 2.05) is 49.4 Å². The summed E-state index contributed by atoms with van der Waals surface area (Å²) in [5.41, 5.74) is 3.83. The number of Topliss-reactive ketones (excluding diaryl/α,β-unsaturated/α-hetero) is 1. The Morgan fingerprint density at radius 3 is 2.79 bits per heavy atom. The number of para-hydroxylation sites is 1. The number of ketones is 1. The monoisotopic (exact) mass is 378 g/mol. The molecule has 1 saturated heterocycles. The maximum atomic E-state index is 13.2. The van der Waals surface area contributed by atoms with Crippen LogP contribution < -0.4 is 9.47 Å². The van der Waals surface area contributed by atoms with Crippen LogP contribution in [-0.2, 0) is 0 Å². The zero-order valence-corrected chi connectivity index (χ0v) is 16.6. The van der Waals surface area contributed by atoms with Crippen LogP contribution in [0.4, 0.5) is 0 Å². The van der Waals surface area contributed by atoms with Gasteiger partial charge in [-0.15, -0.1) is 0 Å². The number of ether oxygens (including phenoxy) is 2. The van der Waals surface area contributed by atoms with Crippen LogP contribution in [0.3, 0.4) is 0 Å². The molecule has 2 aromatic carbocycles. The number of aromatic nitrogens is 1. The Balaban J connectivity index is 1.63. The van der Waals surface area contributed by atoms with E-state index in [0.717, 1.165) is 58.6 Å². The highest BCUT2D eigenvalue weighted by Gasteiger charge is 2.31. The lowest BCUT2D eigenvalue weighted by atomic mass is 10.0.